The molecule has 4 rings (SSSR count). The van der Waals surface area contributed by atoms with Crippen LogP contribution >= 0.6 is 11.6 Å². The quantitative estimate of drug-likeness (QED) is 0.189. The van der Waals surface area contributed by atoms with Crippen LogP contribution < -0.4 is 5.56 Å². The number of aromatic nitrogens is 1. The summed E-state index contributed by atoms with van der Waals surface area (Å²) in [6.07, 6.45) is -5.09. The summed E-state index contributed by atoms with van der Waals surface area (Å²) in [4.78, 5) is 24.8. The highest BCUT2D eigenvalue weighted by Gasteiger charge is 2.36. The third-order valence-corrected chi connectivity index (χ3v) is 6.52. The van der Waals surface area contributed by atoms with E-state index in [2.05, 4.69) is 4.74 Å². The molecule has 0 aliphatic carbocycles. The lowest BCUT2D eigenvalue weighted by atomic mass is 9.98. The molecule has 11 heteroatoms. The van der Waals surface area contributed by atoms with Crippen molar-refractivity contribution in [1.82, 2.24) is 4.57 Å². The van der Waals surface area contributed by atoms with Crippen LogP contribution in [0.25, 0.3) is 22.4 Å². The molecule has 0 saturated carbocycles. The molecule has 0 fully saturated rings. The van der Waals surface area contributed by atoms with Gasteiger partial charge in [-0.2, -0.15) is 18.4 Å². The molecule has 0 amide bonds. The molecule has 5 nitrogen and oxygen atoms in total. The highest BCUT2D eigenvalue weighted by atomic mass is 35.5. The minimum Gasteiger partial charge on any atom is -0.469 e. The van der Waals surface area contributed by atoms with Crippen molar-refractivity contribution >= 4 is 17.6 Å². The van der Waals surface area contributed by atoms with Crippen LogP contribution in [0.15, 0.2) is 71.5 Å². The van der Waals surface area contributed by atoms with Gasteiger partial charge in [0, 0.05) is 16.7 Å². The molecule has 3 aromatic carbocycles. The fraction of sp³-hybridized carbons (Fsp3) is 0.138. The minimum atomic E-state index is -5.03. The lowest BCUT2D eigenvalue weighted by Gasteiger charge is -2.18. The standard InChI is InChI=1S/C29H18ClF5N2O3/c1-40-27(38)11-18-6-5-17(10-24(18)30)16-3-2-4-19(9-16)26-13-23(29(33,34)35)22(14-36)28(39)37(26)15-20-7-8-21(31)12-25(20)32/h2-10,12-13H,11,15H2,1H3. The number of carbonyl (C=O) groups excluding carboxylic acids is 1. The van der Waals surface area contributed by atoms with Gasteiger partial charge in [-0.25, -0.2) is 8.78 Å². The number of alkyl halides is 3. The number of esters is 1. The van der Waals surface area contributed by atoms with E-state index in [1.807, 2.05) is 0 Å². The van der Waals surface area contributed by atoms with Crippen LogP contribution in [-0.4, -0.2) is 17.6 Å². The molecule has 204 valence electrons. The van der Waals surface area contributed by atoms with E-state index in [9.17, 15) is 36.8 Å². The van der Waals surface area contributed by atoms with Gasteiger partial charge in [0.1, 0.15) is 23.3 Å². The van der Waals surface area contributed by atoms with E-state index in [-0.39, 0.29) is 28.3 Å². The van der Waals surface area contributed by atoms with Gasteiger partial charge in [-0.3, -0.25) is 9.59 Å². The second-order valence-electron chi connectivity index (χ2n) is 8.69. The molecule has 0 unspecified atom stereocenters. The van der Waals surface area contributed by atoms with Crippen LogP contribution in [0.2, 0.25) is 5.02 Å². The van der Waals surface area contributed by atoms with Crippen LogP contribution in [-0.2, 0) is 28.7 Å². The number of pyridine rings is 1. The Morgan fingerprint density at radius 2 is 1.65 bits per heavy atom. The van der Waals surface area contributed by atoms with Crippen molar-refractivity contribution in [3.8, 4) is 28.5 Å². The van der Waals surface area contributed by atoms with E-state index in [0.717, 1.165) is 16.7 Å². The van der Waals surface area contributed by atoms with Crippen molar-refractivity contribution in [3.63, 3.8) is 0 Å². The molecule has 40 heavy (non-hydrogen) atoms. The van der Waals surface area contributed by atoms with Gasteiger partial charge in [0.25, 0.3) is 5.56 Å². The van der Waals surface area contributed by atoms with E-state index in [0.29, 0.717) is 28.8 Å². The summed E-state index contributed by atoms with van der Waals surface area (Å²) >= 11 is 6.33. The molecule has 0 saturated heterocycles. The number of ether oxygens (including phenoxy) is 1. The number of rotatable bonds is 6. The molecule has 1 heterocycles. The van der Waals surface area contributed by atoms with Crippen LogP contribution in [0.3, 0.4) is 0 Å². The topological polar surface area (TPSA) is 72.1 Å². The van der Waals surface area contributed by atoms with Crippen LogP contribution in [0, 0.1) is 23.0 Å². The maximum atomic E-state index is 14.5. The maximum absolute atomic E-state index is 14.5. The van der Waals surface area contributed by atoms with E-state index >= 15 is 0 Å². The lowest BCUT2D eigenvalue weighted by molar-refractivity contribution is -0.140. The first kappa shape index (κ1) is 28.5. The number of benzene rings is 3. The van der Waals surface area contributed by atoms with Crippen molar-refractivity contribution < 1.29 is 31.5 Å². The molecule has 0 N–H and O–H groups in total. The summed E-state index contributed by atoms with van der Waals surface area (Å²) in [5.41, 5.74) is -2.55. The van der Waals surface area contributed by atoms with Crippen molar-refractivity contribution in [3.05, 3.63) is 116 Å². The Hall–Kier alpha value is -4.49. The molecule has 0 spiro atoms. The molecule has 0 bridgehead atoms. The van der Waals surface area contributed by atoms with E-state index in [1.165, 1.54) is 25.3 Å². The number of methoxy groups -OCH3 is 1. The van der Waals surface area contributed by atoms with E-state index < -0.39 is 47.0 Å². The summed E-state index contributed by atoms with van der Waals surface area (Å²) in [6.45, 7) is -0.564. The zero-order valence-corrected chi connectivity index (χ0v) is 21.4. The molecule has 1 aromatic heterocycles. The Labute approximate surface area is 229 Å². The molecular weight excluding hydrogens is 555 g/mol. The van der Waals surface area contributed by atoms with E-state index in [4.69, 9.17) is 11.6 Å². The number of nitriles is 1. The maximum Gasteiger partial charge on any atom is 0.417 e. The van der Waals surface area contributed by atoms with Gasteiger partial charge >= 0.3 is 12.1 Å². The Balaban J connectivity index is 1.89. The fourth-order valence-corrected chi connectivity index (χ4v) is 4.40. The Bertz CT molecular complexity index is 1720. The number of nitrogens with zero attached hydrogens (tertiary/aromatic N) is 2. The van der Waals surface area contributed by atoms with Gasteiger partial charge in [0.2, 0.25) is 0 Å². The Morgan fingerprint density at radius 3 is 2.27 bits per heavy atom. The van der Waals surface area contributed by atoms with Gasteiger partial charge in [0.15, 0.2) is 0 Å². The average Bonchev–Trinajstić information content (AvgIpc) is 2.91. The van der Waals surface area contributed by atoms with Gasteiger partial charge in [-0.05, 0) is 46.5 Å². The summed E-state index contributed by atoms with van der Waals surface area (Å²) in [6, 6.07) is 15.6. The van der Waals surface area contributed by atoms with Crippen molar-refractivity contribution in [2.75, 3.05) is 7.11 Å². The lowest BCUT2D eigenvalue weighted by Crippen LogP contribution is -2.29. The first-order valence-electron chi connectivity index (χ1n) is 11.6. The SMILES string of the molecule is COC(=O)Cc1ccc(-c2cccc(-c3cc(C(F)(F)F)c(C#N)c(=O)n3Cc3ccc(F)cc3F)c2)cc1Cl. The number of halogens is 6. The molecule has 0 aliphatic heterocycles. The zero-order chi connectivity index (χ0) is 29.2. The first-order chi connectivity index (χ1) is 18.9. The zero-order valence-electron chi connectivity index (χ0n) is 20.7. The monoisotopic (exact) mass is 572 g/mol. The van der Waals surface area contributed by atoms with Gasteiger partial charge in [-0.1, -0.05) is 48.0 Å². The normalized spacial score (nSPS) is 11.2. The fourth-order valence-electron chi connectivity index (χ4n) is 4.15. The Kier molecular flexibility index (Phi) is 8.07. The Morgan fingerprint density at radius 1 is 0.975 bits per heavy atom. The second-order valence-corrected chi connectivity index (χ2v) is 9.10. The van der Waals surface area contributed by atoms with Gasteiger partial charge in [-0.15, -0.1) is 0 Å². The third kappa shape index (κ3) is 5.90. The smallest absolute Gasteiger partial charge is 0.417 e. The summed E-state index contributed by atoms with van der Waals surface area (Å²) in [5, 5.41) is 9.65. The number of hydrogen-bond donors (Lipinski definition) is 0. The predicted octanol–water partition coefficient (Wildman–Crippen LogP) is 6.77. The van der Waals surface area contributed by atoms with Crippen molar-refractivity contribution in [2.24, 2.45) is 0 Å². The largest absolute Gasteiger partial charge is 0.469 e. The van der Waals surface area contributed by atoms with Crippen molar-refractivity contribution in [1.29, 1.82) is 5.26 Å². The van der Waals surface area contributed by atoms with Crippen molar-refractivity contribution in [2.45, 2.75) is 19.1 Å². The minimum absolute atomic E-state index is 0.0622. The summed E-state index contributed by atoms with van der Waals surface area (Å²) < 4.78 is 75.0. The highest BCUT2D eigenvalue weighted by molar-refractivity contribution is 6.31. The molecule has 0 radical (unpaired) electrons. The highest BCUT2D eigenvalue weighted by Crippen LogP contribution is 2.35. The van der Waals surface area contributed by atoms with E-state index in [1.54, 1.807) is 30.3 Å². The average molecular weight is 573 g/mol. The molecule has 0 aliphatic rings. The summed E-state index contributed by atoms with van der Waals surface area (Å²) in [7, 11) is 1.24. The van der Waals surface area contributed by atoms with Crippen LogP contribution in [0.4, 0.5) is 22.0 Å². The van der Waals surface area contributed by atoms with Gasteiger partial charge in [0.05, 0.1) is 31.3 Å². The number of hydrogen-bond acceptors (Lipinski definition) is 4. The first-order valence-corrected chi connectivity index (χ1v) is 12.0. The van der Waals surface area contributed by atoms with Crippen LogP contribution in [0.5, 0.6) is 0 Å². The van der Waals surface area contributed by atoms with Crippen LogP contribution in [0.1, 0.15) is 22.3 Å². The molecule has 0 atom stereocenters. The number of carbonyl (C=O) groups is 1. The second kappa shape index (κ2) is 11.3. The predicted molar refractivity (Wildman–Crippen MR) is 137 cm³/mol. The summed E-state index contributed by atoms with van der Waals surface area (Å²) in [5.74, 6) is -2.37. The van der Waals surface area contributed by atoms with Gasteiger partial charge < -0.3 is 9.30 Å². The molecule has 4 aromatic rings. The third-order valence-electron chi connectivity index (χ3n) is 6.17. The molecular formula is C29H18ClF5N2O3.